The lowest BCUT2D eigenvalue weighted by Gasteiger charge is -2.21. The highest BCUT2D eigenvalue weighted by Gasteiger charge is 2.17. The molecular weight excluding hydrogens is 178 g/mol. The Bertz CT molecular complexity index is 299. The Balaban J connectivity index is 2.54. The van der Waals surface area contributed by atoms with Crippen LogP contribution in [0.15, 0.2) is 12.3 Å². The minimum atomic E-state index is -0.701. The highest BCUT2D eigenvalue weighted by atomic mass is 16.3. The lowest BCUT2D eigenvalue weighted by molar-refractivity contribution is 0.0695. The van der Waals surface area contributed by atoms with Gasteiger partial charge in [-0.2, -0.15) is 0 Å². The normalized spacial score (nSPS) is 14.9. The smallest absolute Gasteiger partial charge is 0.222 e. The molecule has 0 saturated carbocycles. The van der Waals surface area contributed by atoms with Crippen LogP contribution in [0.4, 0.5) is 5.95 Å². The van der Waals surface area contributed by atoms with E-state index < -0.39 is 5.60 Å². The van der Waals surface area contributed by atoms with E-state index >= 15 is 0 Å². The molecule has 0 aliphatic rings. The zero-order valence-electron chi connectivity index (χ0n) is 8.91. The van der Waals surface area contributed by atoms with E-state index in [1.807, 2.05) is 19.9 Å². The number of aromatic nitrogens is 2. The number of rotatable bonds is 4. The molecule has 0 saturated heterocycles. The highest BCUT2D eigenvalue weighted by Crippen LogP contribution is 2.09. The van der Waals surface area contributed by atoms with Gasteiger partial charge in [-0.05, 0) is 26.3 Å². The lowest BCUT2D eigenvalue weighted by Crippen LogP contribution is -2.32. The average Bonchev–Trinajstić information content (AvgIpc) is 2.15. The van der Waals surface area contributed by atoms with E-state index in [1.54, 1.807) is 13.1 Å². The van der Waals surface area contributed by atoms with Gasteiger partial charge >= 0.3 is 0 Å². The number of aryl methyl sites for hydroxylation is 1. The van der Waals surface area contributed by atoms with Crippen LogP contribution in [-0.4, -0.2) is 27.2 Å². The van der Waals surface area contributed by atoms with Gasteiger partial charge in [0.2, 0.25) is 5.95 Å². The molecule has 1 heterocycles. The quantitative estimate of drug-likeness (QED) is 0.761. The fourth-order valence-electron chi connectivity index (χ4n) is 0.929. The molecule has 0 bridgehead atoms. The summed E-state index contributed by atoms with van der Waals surface area (Å²) < 4.78 is 0. The van der Waals surface area contributed by atoms with Crippen LogP contribution in [-0.2, 0) is 0 Å². The maximum atomic E-state index is 9.74. The van der Waals surface area contributed by atoms with Gasteiger partial charge in [0.05, 0.1) is 5.60 Å². The molecule has 1 aromatic rings. The maximum absolute atomic E-state index is 9.74. The van der Waals surface area contributed by atoms with E-state index in [9.17, 15) is 5.11 Å². The number of hydrogen-bond donors (Lipinski definition) is 2. The molecule has 0 fully saturated rings. The molecule has 0 radical (unpaired) electrons. The van der Waals surface area contributed by atoms with Crippen LogP contribution in [0, 0.1) is 6.92 Å². The monoisotopic (exact) mass is 195 g/mol. The fourth-order valence-corrected chi connectivity index (χ4v) is 0.929. The highest BCUT2D eigenvalue weighted by molar-refractivity contribution is 5.25. The average molecular weight is 195 g/mol. The summed E-state index contributed by atoms with van der Waals surface area (Å²) >= 11 is 0. The van der Waals surface area contributed by atoms with E-state index in [4.69, 9.17) is 0 Å². The van der Waals surface area contributed by atoms with Crippen molar-refractivity contribution in [2.45, 2.75) is 32.8 Å². The summed E-state index contributed by atoms with van der Waals surface area (Å²) in [4.78, 5) is 8.22. The minimum absolute atomic E-state index is 0.465. The topological polar surface area (TPSA) is 58.0 Å². The molecule has 4 nitrogen and oxygen atoms in total. The third kappa shape index (κ3) is 3.30. The number of nitrogens with one attached hydrogen (secondary N) is 1. The van der Waals surface area contributed by atoms with Gasteiger partial charge in [0.25, 0.3) is 0 Å². The summed E-state index contributed by atoms with van der Waals surface area (Å²) in [6.07, 6.45) is 2.40. The molecule has 1 rings (SSSR count). The number of aliphatic hydroxyl groups is 1. The van der Waals surface area contributed by atoms with Crippen molar-refractivity contribution < 1.29 is 5.11 Å². The van der Waals surface area contributed by atoms with Crippen LogP contribution in [0.3, 0.4) is 0 Å². The predicted molar refractivity (Wildman–Crippen MR) is 56.2 cm³/mol. The number of nitrogens with zero attached hydrogens (tertiary/aromatic N) is 2. The van der Waals surface area contributed by atoms with Gasteiger partial charge in [0.1, 0.15) is 0 Å². The fraction of sp³-hybridized carbons (Fsp3) is 0.600. The molecule has 0 aliphatic carbocycles. The number of hydrogen-bond acceptors (Lipinski definition) is 4. The summed E-state index contributed by atoms with van der Waals surface area (Å²) in [5.41, 5.74) is 0.214. The summed E-state index contributed by atoms with van der Waals surface area (Å²) in [6, 6.07) is 1.84. The predicted octanol–water partition coefficient (Wildman–Crippen LogP) is 1.36. The summed E-state index contributed by atoms with van der Waals surface area (Å²) in [6.45, 7) is 6.10. The zero-order chi connectivity index (χ0) is 10.6. The van der Waals surface area contributed by atoms with Gasteiger partial charge in [-0.15, -0.1) is 0 Å². The second-order valence-corrected chi connectivity index (χ2v) is 3.73. The van der Waals surface area contributed by atoms with Crippen LogP contribution in [0.1, 0.15) is 26.0 Å². The SMILES string of the molecule is CCC(C)(O)CNc1nccc(C)n1. The first kappa shape index (κ1) is 10.9. The maximum Gasteiger partial charge on any atom is 0.222 e. The molecule has 4 heteroatoms. The molecule has 1 unspecified atom stereocenters. The second kappa shape index (κ2) is 4.37. The van der Waals surface area contributed by atoms with Crippen molar-refractivity contribution in [3.63, 3.8) is 0 Å². The van der Waals surface area contributed by atoms with Gasteiger partial charge in [-0.1, -0.05) is 6.92 Å². The Kier molecular flexibility index (Phi) is 3.41. The van der Waals surface area contributed by atoms with Gasteiger partial charge in [0, 0.05) is 18.4 Å². The second-order valence-electron chi connectivity index (χ2n) is 3.73. The van der Waals surface area contributed by atoms with Crippen molar-refractivity contribution in [2.24, 2.45) is 0 Å². The van der Waals surface area contributed by atoms with Crippen molar-refractivity contribution >= 4 is 5.95 Å². The molecule has 0 spiro atoms. The van der Waals surface area contributed by atoms with Crippen molar-refractivity contribution in [3.05, 3.63) is 18.0 Å². The third-order valence-corrected chi connectivity index (χ3v) is 2.18. The standard InChI is InChI=1S/C10H17N3O/c1-4-10(3,14)7-12-9-11-6-5-8(2)13-9/h5-6,14H,4,7H2,1-3H3,(H,11,12,13). The van der Waals surface area contributed by atoms with Crippen molar-refractivity contribution in [1.82, 2.24) is 9.97 Å². The zero-order valence-corrected chi connectivity index (χ0v) is 8.91. The van der Waals surface area contributed by atoms with Gasteiger partial charge in [-0.3, -0.25) is 0 Å². The van der Waals surface area contributed by atoms with Crippen LogP contribution in [0.2, 0.25) is 0 Å². The molecule has 0 aliphatic heterocycles. The van der Waals surface area contributed by atoms with Crippen LogP contribution in [0.25, 0.3) is 0 Å². The van der Waals surface area contributed by atoms with Crippen LogP contribution >= 0.6 is 0 Å². The lowest BCUT2D eigenvalue weighted by atomic mass is 10.0. The Hall–Kier alpha value is -1.16. The molecular formula is C10H17N3O. The molecule has 2 N–H and O–H groups in total. The Morgan fingerprint density at radius 1 is 1.57 bits per heavy atom. The van der Waals surface area contributed by atoms with Gasteiger partial charge in [-0.25, -0.2) is 9.97 Å². The summed E-state index contributed by atoms with van der Waals surface area (Å²) in [5.74, 6) is 0.568. The van der Waals surface area contributed by atoms with E-state index in [-0.39, 0.29) is 0 Å². The Morgan fingerprint density at radius 2 is 2.29 bits per heavy atom. The van der Waals surface area contributed by atoms with E-state index in [1.165, 1.54) is 0 Å². The van der Waals surface area contributed by atoms with Crippen LogP contribution < -0.4 is 5.32 Å². The van der Waals surface area contributed by atoms with Gasteiger partial charge < -0.3 is 10.4 Å². The van der Waals surface area contributed by atoms with Crippen LogP contribution in [0.5, 0.6) is 0 Å². The first-order chi connectivity index (χ1) is 6.53. The van der Waals surface area contributed by atoms with E-state index in [2.05, 4.69) is 15.3 Å². The molecule has 0 aromatic carbocycles. The van der Waals surface area contributed by atoms with Crippen molar-refractivity contribution in [2.75, 3.05) is 11.9 Å². The summed E-state index contributed by atoms with van der Waals surface area (Å²) in [5, 5.41) is 12.7. The minimum Gasteiger partial charge on any atom is -0.388 e. The van der Waals surface area contributed by atoms with Crippen molar-refractivity contribution in [3.8, 4) is 0 Å². The van der Waals surface area contributed by atoms with E-state index in [0.717, 1.165) is 5.69 Å². The van der Waals surface area contributed by atoms with Crippen molar-refractivity contribution in [1.29, 1.82) is 0 Å². The molecule has 14 heavy (non-hydrogen) atoms. The first-order valence-corrected chi connectivity index (χ1v) is 4.79. The summed E-state index contributed by atoms with van der Waals surface area (Å²) in [7, 11) is 0. The Morgan fingerprint density at radius 3 is 2.86 bits per heavy atom. The third-order valence-electron chi connectivity index (χ3n) is 2.18. The Labute approximate surface area is 84.4 Å². The number of anilines is 1. The molecule has 0 amide bonds. The van der Waals surface area contributed by atoms with Gasteiger partial charge in [0.15, 0.2) is 0 Å². The first-order valence-electron chi connectivity index (χ1n) is 4.79. The molecule has 1 aromatic heterocycles. The van der Waals surface area contributed by atoms with E-state index in [0.29, 0.717) is 18.9 Å². The molecule has 1 atom stereocenters. The largest absolute Gasteiger partial charge is 0.388 e. The molecule has 78 valence electrons.